The summed E-state index contributed by atoms with van der Waals surface area (Å²) in [6.45, 7) is 1.80. The number of hydrogen-bond acceptors (Lipinski definition) is 3. The molecule has 1 atom stereocenters. The van der Waals surface area contributed by atoms with Crippen LogP contribution in [0, 0.1) is 5.82 Å². The zero-order valence-electron chi connectivity index (χ0n) is 10.1. The van der Waals surface area contributed by atoms with E-state index in [1.165, 1.54) is 12.1 Å². The maximum Gasteiger partial charge on any atom is 0.250 e. The number of ether oxygens (including phenoxy) is 1. The smallest absolute Gasteiger partial charge is 0.250 e. The average molecular weight is 252 g/mol. The molecule has 5 heteroatoms. The first kappa shape index (κ1) is 13.0. The topological polar surface area (TPSA) is 50.4 Å². The van der Waals surface area contributed by atoms with E-state index in [1.54, 1.807) is 12.1 Å². The Morgan fingerprint density at radius 3 is 3.17 bits per heavy atom. The summed E-state index contributed by atoms with van der Waals surface area (Å²) in [6, 6.07) is 5.81. The number of benzene rings is 1. The van der Waals surface area contributed by atoms with E-state index in [1.807, 2.05) is 0 Å². The van der Waals surface area contributed by atoms with Gasteiger partial charge in [0.1, 0.15) is 12.4 Å². The Hall–Kier alpha value is -1.46. The molecule has 2 N–H and O–H groups in total. The van der Waals surface area contributed by atoms with E-state index >= 15 is 0 Å². The van der Waals surface area contributed by atoms with Gasteiger partial charge in [-0.1, -0.05) is 6.07 Å². The van der Waals surface area contributed by atoms with Gasteiger partial charge in [0.05, 0.1) is 6.10 Å². The van der Waals surface area contributed by atoms with Crippen LogP contribution in [0.2, 0.25) is 0 Å². The maximum atomic E-state index is 12.9. The summed E-state index contributed by atoms with van der Waals surface area (Å²) in [5.41, 5.74) is 0.449. The van der Waals surface area contributed by atoms with Crippen LogP contribution < -0.4 is 10.6 Å². The maximum absolute atomic E-state index is 12.9. The third-order valence-electron chi connectivity index (χ3n) is 2.81. The number of nitrogens with one attached hydrogen (secondary N) is 2. The molecule has 1 aromatic rings. The highest BCUT2D eigenvalue weighted by atomic mass is 19.1. The quantitative estimate of drug-likeness (QED) is 0.854. The third kappa shape index (κ3) is 4.09. The molecule has 1 aliphatic rings. The molecule has 0 radical (unpaired) electrons. The second kappa shape index (κ2) is 6.47. The van der Waals surface area contributed by atoms with Crippen LogP contribution in [0.4, 0.5) is 10.1 Å². The van der Waals surface area contributed by atoms with Crippen molar-refractivity contribution in [2.24, 2.45) is 0 Å². The Labute approximate surface area is 106 Å². The molecule has 2 rings (SSSR count). The fraction of sp³-hybridized carbons (Fsp3) is 0.462. The van der Waals surface area contributed by atoms with Gasteiger partial charge < -0.3 is 15.4 Å². The Balaban J connectivity index is 1.74. The molecule has 1 heterocycles. The van der Waals surface area contributed by atoms with Gasteiger partial charge in [0, 0.05) is 12.2 Å². The van der Waals surface area contributed by atoms with Gasteiger partial charge in [-0.3, -0.25) is 4.79 Å². The lowest BCUT2D eigenvalue weighted by molar-refractivity contribution is -0.122. The number of hydrogen-bond donors (Lipinski definition) is 2. The summed E-state index contributed by atoms with van der Waals surface area (Å²) in [5.74, 6) is -0.628. The van der Waals surface area contributed by atoms with Crippen LogP contribution in [0.3, 0.4) is 0 Å². The molecule has 0 bridgehead atoms. The summed E-state index contributed by atoms with van der Waals surface area (Å²) in [4.78, 5) is 11.6. The number of amides is 1. The van der Waals surface area contributed by atoms with E-state index in [0.717, 1.165) is 25.9 Å². The van der Waals surface area contributed by atoms with Crippen molar-refractivity contribution in [3.63, 3.8) is 0 Å². The van der Waals surface area contributed by atoms with Crippen molar-refractivity contribution in [3.05, 3.63) is 30.1 Å². The second-order valence-corrected chi connectivity index (χ2v) is 4.34. The molecule has 0 saturated carbocycles. The van der Waals surface area contributed by atoms with E-state index in [2.05, 4.69) is 10.6 Å². The van der Waals surface area contributed by atoms with Crippen molar-refractivity contribution in [2.45, 2.75) is 18.9 Å². The number of halogens is 1. The summed E-state index contributed by atoms with van der Waals surface area (Å²) < 4.78 is 18.4. The molecule has 1 unspecified atom stereocenters. The van der Waals surface area contributed by atoms with Crippen LogP contribution in [0.1, 0.15) is 12.8 Å². The van der Waals surface area contributed by atoms with Crippen LogP contribution in [0.5, 0.6) is 0 Å². The van der Waals surface area contributed by atoms with Gasteiger partial charge in [-0.2, -0.15) is 0 Å². The number of carbonyl (C=O) groups is 1. The molecule has 1 fully saturated rings. The van der Waals surface area contributed by atoms with Crippen LogP contribution >= 0.6 is 0 Å². The normalized spacial score (nSPS) is 19.5. The Morgan fingerprint density at radius 1 is 1.56 bits per heavy atom. The minimum atomic E-state index is -0.370. The first-order chi connectivity index (χ1) is 8.74. The number of rotatable bonds is 4. The van der Waals surface area contributed by atoms with Gasteiger partial charge in [-0.15, -0.1) is 0 Å². The number of piperidine rings is 1. The average Bonchev–Trinajstić information content (AvgIpc) is 2.38. The monoisotopic (exact) mass is 252 g/mol. The predicted octanol–water partition coefficient (Wildman–Crippen LogP) is 1.53. The lowest BCUT2D eigenvalue weighted by atomic mass is 10.1. The second-order valence-electron chi connectivity index (χ2n) is 4.34. The summed E-state index contributed by atoms with van der Waals surface area (Å²) >= 11 is 0. The van der Waals surface area contributed by atoms with Gasteiger partial charge in [-0.05, 0) is 37.6 Å². The fourth-order valence-corrected chi connectivity index (χ4v) is 1.92. The van der Waals surface area contributed by atoms with Crippen LogP contribution in [0.15, 0.2) is 24.3 Å². The number of carbonyl (C=O) groups excluding carboxylic acids is 1. The molecule has 1 aromatic carbocycles. The fourth-order valence-electron chi connectivity index (χ4n) is 1.92. The van der Waals surface area contributed by atoms with Crippen LogP contribution in [0.25, 0.3) is 0 Å². The minimum absolute atomic E-state index is 0.00284. The molecule has 1 aliphatic heterocycles. The first-order valence-corrected chi connectivity index (χ1v) is 6.12. The van der Waals surface area contributed by atoms with Crippen molar-refractivity contribution in [2.75, 3.05) is 25.0 Å². The highest BCUT2D eigenvalue weighted by Crippen LogP contribution is 2.09. The van der Waals surface area contributed by atoms with Crippen molar-refractivity contribution < 1.29 is 13.9 Å². The summed E-state index contributed by atoms with van der Waals surface area (Å²) in [6.07, 6.45) is 2.13. The van der Waals surface area contributed by atoms with Crippen molar-refractivity contribution in [1.82, 2.24) is 5.32 Å². The Morgan fingerprint density at radius 2 is 2.44 bits per heavy atom. The summed E-state index contributed by atoms with van der Waals surface area (Å²) in [5, 5.41) is 5.81. The largest absolute Gasteiger partial charge is 0.367 e. The highest BCUT2D eigenvalue weighted by molar-refractivity contribution is 5.91. The minimum Gasteiger partial charge on any atom is -0.367 e. The summed E-state index contributed by atoms with van der Waals surface area (Å²) in [7, 11) is 0. The van der Waals surface area contributed by atoms with E-state index in [4.69, 9.17) is 4.74 Å². The molecule has 18 heavy (non-hydrogen) atoms. The van der Waals surface area contributed by atoms with Gasteiger partial charge in [0.25, 0.3) is 0 Å². The molecule has 0 aliphatic carbocycles. The van der Waals surface area contributed by atoms with E-state index in [0.29, 0.717) is 5.69 Å². The van der Waals surface area contributed by atoms with Gasteiger partial charge in [0.15, 0.2) is 0 Å². The van der Waals surface area contributed by atoms with Gasteiger partial charge in [0.2, 0.25) is 5.91 Å². The molecule has 1 amide bonds. The lowest BCUT2D eigenvalue weighted by Gasteiger charge is -2.22. The van der Waals surface area contributed by atoms with E-state index < -0.39 is 0 Å². The van der Waals surface area contributed by atoms with E-state index in [9.17, 15) is 9.18 Å². The first-order valence-electron chi connectivity index (χ1n) is 6.12. The van der Waals surface area contributed by atoms with Crippen molar-refractivity contribution in [3.8, 4) is 0 Å². The molecular weight excluding hydrogens is 235 g/mol. The van der Waals surface area contributed by atoms with Gasteiger partial charge >= 0.3 is 0 Å². The van der Waals surface area contributed by atoms with Crippen LogP contribution in [-0.2, 0) is 9.53 Å². The number of anilines is 1. The standard InChI is InChI=1S/C13H17FN2O2/c14-10-3-1-4-11(7-10)16-13(17)9-18-12-5-2-6-15-8-12/h1,3-4,7,12,15H,2,5-6,8-9H2,(H,16,17). The SMILES string of the molecule is O=C(COC1CCCNC1)Nc1cccc(F)c1. The van der Waals surface area contributed by atoms with Gasteiger partial charge in [-0.25, -0.2) is 4.39 Å². The molecule has 98 valence electrons. The Bertz CT molecular complexity index is 406. The zero-order valence-corrected chi connectivity index (χ0v) is 10.1. The molecule has 1 saturated heterocycles. The highest BCUT2D eigenvalue weighted by Gasteiger charge is 2.14. The van der Waals surface area contributed by atoms with Crippen molar-refractivity contribution in [1.29, 1.82) is 0 Å². The molecule has 4 nitrogen and oxygen atoms in total. The molecular formula is C13H17FN2O2. The molecule has 0 aromatic heterocycles. The van der Waals surface area contributed by atoms with Crippen LogP contribution in [-0.4, -0.2) is 31.7 Å². The van der Waals surface area contributed by atoms with E-state index in [-0.39, 0.29) is 24.4 Å². The molecule has 0 spiro atoms. The third-order valence-corrected chi connectivity index (χ3v) is 2.81. The lowest BCUT2D eigenvalue weighted by Crippen LogP contribution is -2.37. The Kier molecular flexibility index (Phi) is 4.66. The van der Waals surface area contributed by atoms with Crippen molar-refractivity contribution >= 4 is 11.6 Å². The zero-order chi connectivity index (χ0) is 12.8. The predicted molar refractivity (Wildman–Crippen MR) is 66.9 cm³/mol.